The minimum Gasteiger partial charge on any atom is -0.444 e. The molecule has 2 saturated heterocycles. The summed E-state index contributed by atoms with van der Waals surface area (Å²) in [4.78, 5) is 29.9. The number of amides is 2. The number of aliphatic imine (C=N–C) groups is 1. The standard InChI is InChI=1S/C18H22ClN3O5S2/c1-18(2,3)27-17(24)20-8-15(23)21-16-22(12-7-5-4-6-11(12)19)13-9-29(25,26)10-14(13)28-16/h4-7,13-14H,8-10H2,1-3H3,(H,20,24)/t13-,14-/m1/s1. The van der Waals surface area contributed by atoms with Crippen molar-refractivity contribution >= 4 is 56.1 Å². The van der Waals surface area contributed by atoms with Crippen molar-refractivity contribution in [1.29, 1.82) is 0 Å². The third-order valence-corrected chi connectivity index (χ3v) is 7.71. The SMILES string of the molecule is CC(C)(C)OC(=O)NCC(=O)N=C1S[C@@H]2CS(=O)(=O)C[C@H]2N1c1ccccc1Cl. The van der Waals surface area contributed by atoms with E-state index in [1.54, 1.807) is 49.9 Å². The van der Waals surface area contributed by atoms with Crippen LogP contribution in [0.4, 0.5) is 10.5 Å². The zero-order valence-corrected chi connectivity index (χ0v) is 18.6. The fourth-order valence-corrected chi connectivity index (χ4v) is 7.25. The summed E-state index contributed by atoms with van der Waals surface area (Å²) >= 11 is 7.56. The van der Waals surface area contributed by atoms with Gasteiger partial charge in [0.05, 0.1) is 28.3 Å². The highest BCUT2D eigenvalue weighted by Crippen LogP contribution is 2.42. The lowest BCUT2D eigenvalue weighted by molar-refractivity contribution is -0.117. The Kier molecular flexibility index (Phi) is 6.16. The molecule has 1 N–H and O–H groups in total. The van der Waals surface area contributed by atoms with E-state index in [2.05, 4.69) is 10.3 Å². The van der Waals surface area contributed by atoms with Crippen molar-refractivity contribution in [2.75, 3.05) is 23.0 Å². The monoisotopic (exact) mass is 459 g/mol. The second-order valence-corrected chi connectivity index (χ2v) is 11.5. The molecule has 29 heavy (non-hydrogen) atoms. The van der Waals surface area contributed by atoms with Crippen molar-refractivity contribution in [3.8, 4) is 0 Å². The molecule has 0 spiro atoms. The molecule has 2 amide bonds. The normalized spacial score (nSPS) is 24.4. The molecule has 2 heterocycles. The van der Waals surface area contributed by atoms with Gasteiger partial charge in [0.25, 0.3) is 5.91 Å². The summed E-state index contributed by atoms with van der Waals surface area (Å²) in [5.41, 5.74) is -0.0812. The Balaban J connectivity index is 1.79. The zero-order chi connectivity index (χ0) is 21.4. The van der Waals surface area contributed by atoms with Gasteiger partial charge < -0.3 is 15.0 Å². The van der Waals surface area contributed by atoms with E-state index in [0.29, 0.717) is 15.9 Å². The van der Waals surface area contributed by atoms with E-state index in [1.165, 1.54) is 11.8 Å². The molecule has 8 nitrogen and oxygen atoms in total. The quantitative estimate of drug-likeness (QED) is 0.740. The molecule has 2 aliphatic rings. The van der Waals surface area contributed by atoms with Gasteiger partial charge >= 0.3 is 6.09 Å². The predicted molar refractivity (Wildman–Crippen MR) is 114 cm³/mol. The van der Waals surface area contributed by atoms with Crippen LogP contribution in [0.25, 0.3) is 0 Å². The number of carbonyl (C=O) groups excluding carboxylic acids is 2. The number of thioether (sulfide) groups is 1. The average Bonchev–Trinajstić information content (AvgIpc) is 3.03. The minimum absolute atomic E-state index is 0.0205. The third-order valence-electron chi connectivity index (χ3n) is 4.18. The summed E-state index contributed by atoms with van der Waals surface area (Å²) in [5, 5.41) is 2.95. The maximum atomic E-state index is 12.3. The molecule has 0 unspecified atom stereocenters. The first-order valence-corrected chi connectivity index (χ1v) is 12.0. The van der Waals surface area contributed by atoms with Crippen LogP contribution in [0.2, 0.25) is 5.02 Å². The minimum atomic E-state index is -3.17. The molecule has 11 heteroatoms. The van der Waals surface area contributed by atoms with E-state index < -0.39 is 27.4 Å². The highest BCUT2D eigenvalue weighted by atomic mass is 35.5. The van der Waals surface area contributed by atoms with E-state index in [4.69, 9.17) is 16.3 Å². The number of halogens is 1. The van der Waals surface area contributed by atoms with Gasteiger partial charge in [0, 0.05) is 5.25 Å². The number of ether oxygens (including phenoxy) is 1. The van der Waals surface area contributed by atoms with Crippen molar-refractivity contribution in [3.05, 3.63) is 29.3 Å². The molecule has 3 rings (SSSR count). The molecule has 0 saturated carbocycles. The van der Waals surface area contributed by atoms with Crippen molar-refractivity contribution in [2.45, 2.75) is 37.7 Å². The number of sulfone groups is 1. The number of nitrogens with zero attached hydrogens (tertiary/aromatic N) is 2. The molecule has 158 valence electrons. The lowest BCUT2D eigenvalue weighted by Gasteiger charge is -2.25. The highest BCUT2D eigenvalue weighted by molar-refractivity contribution is 8.16. The number of anilines is 1. The Bertz CT molecular complexity index is 958. The first-order valence-electron chi connectivity index (χ1n) is 8.94. The number of hydrogen-bond acceptors (Lipinski definition) is 6. The van der Waals surface area contributed by atoms with E-state index in [1.807, 2.05) is 0 Å². The van der Waals surface area contributed by atoms with Crippen LogP contribution in [-0.2, 0) is 19.4 Å². The van der Waals surface area contributed by atoms with Gasteiger partial charge in [-0.3, -0.25) is 4.79 Å². The van der Waals surface area contributed by atoms with Gasteiger partial charge in [0.1, 0.15) is 12.1 Å². The van der Waals surface area contributed by atoms with Crippen LogP contribution in [-0.4, -0.2) is 60.5 Å². The number of benzene rings is 1. The van der Waals surface area contributed by atoms with Gasteiger partial charge in [-0.25, -0.2) is 13.2 Å². The molecule has 2 fully saturated rings. The maximum absolute atomic E-state index is 12.3. The molecule has 0 aliphatic carbocycles. The first-order chi connectivity index (χ1) is 13.5. The Morgan fingerprint density at radius 2 is 2.00 bits per heavy atom. The Labute approximate surface area is 178 Å². The fourth-order valence-electron chi connectivity index (χ4n) is 3.10. The molecule has 2 aliphatic heterocycles. The summed E-state index contributed by atoms with van der Waals surface area (Å²) in [7, 11) is -3.17. The van der Waals surface area contributed by atoms with Crippen LogP contribution < -0.4 is 10.2 Å². The van der Waals surface area contributed by atoms with Crippen LogP contribution in [0.1, 0.15) is 20.8 Å². The highest BCUT2D eigenvalue weighted by Gasteiger charge is 2.49. The van der Waals surface area contributed by atoms with Crippen LogP contribution in [0, 0.1) is 0 Å². The van der Waals surface area contributed by atoms with Gasteiger partial charge in [0.2, 0.25) is 0 Å². The summed E-state index contributed by atoms with van der Waals surface area (Å²) in [6.07, 6.45) is -0.712. The number of hydrogen-bond donors (Lipinski definition) is 1. The van der Waals surface area contributed by atoms with E-state index >= 15 is 0 Å². The molecular formula is C18H22ClN3O5S2. The number of nitrogens with one attached hydrogen (secondary N) is 1. The van der Waals surface area contributed by atoms with Crippen molar-refractivity contribution in [3.63, 3.8) is 0 Å². The van der Waals surface area contributed by atoms with Gasteiger partial charge in [-0.1, -0.05) is 35.5 Å². The number of carbonyl (C=O) groups is 2. The lowest BCUT2D eigenvalue weighted by Crippen LogP contribution is -2.38. The maximum Gasteiger partial charge on any atom is 0.408 e. The summed E-state index contributed by atoms with van der Waals surface area (Å²) in [6.45, 7) is 4.83. The van der Waals surface area contributed by atoms with Crippen LogP contribution >= 0.6 is 23.4 Å². The van der Waals surface area contributed by atoms with Crippen LogP contribution in [0.15, 0.2) is 29.3 Å². The molecule has 2 atom stereocenters. The molecule has 0 radical (unpaired) electrons. The number of fused-ring (bicyclic) bond motifs is 1. The summed E-state index contributed by atoms with van der Waals surface area (Å²) < 4.78 is 29.3. The summed E-state index contributed by atoms with van der Waals surface area (Å²) in [6, 6.07) is 6.66. The molecule has 1 aromatic rings. The molecular weight excluding hydrogens is 438 g/mol. The Morgan fingerprint density at radius 3 is 2.66 bits per heavy atom. The van der Waals surface area contributed by atoms with Crippen molar-refractivity contribution < 1.29 is 22.7 Å². The van der Waals surface area contributed by atoms with Gasteiger partial charge in [0.15, 0.2) is 15.0 Å². The second kappa shape index (κ2) is 8.16. The van der Waals surface area contributed by atoms with Gasteiger partial charge in [-0.05, 0) is 32.9 Å². The topological polar surface area (TPSA) is 105 Å². The summed E-state index contributed by atoms with van der Waals surface area (Å²) in [5.74, 6) is -0.579. The van der Waals surface area contributed by atoms with E-state index in [9.17, 15) is 18.0 Å². The largest absolute Gasteiger partial charge is 0.444 e. The van der Waals surface area contributed by atoms with Gasteiger partial charge in [-0.2, -0.15) is 4.99 Å². The Hall–Kier alpha value is -1.78. The number of rotatable bonds is 3. The van der Waals surface area contributed by atoms with E-state index in [0.717, 1.165) is 0 Å². The van der Waals surface area contributed by atoms with E-state index in [-0.39, 0.29) is 29.3 Å². The van der Waals surface area contributed by atoms with Crippen molar-refractivity contribution in [1.82, 2.24) is 5.32 Å². The Morgan fingerprint density at radius 1 is 1.31 bits per heavy atom. The number of amidine groups is 1. The second-order valence-electron chi connectivity index (χ2n) is 7.77. The zero-order valence-electron chi connectivity index (χ0n) is 16.2. The number of alkyl carbamates (subject to hydrolysis) is 1. The molecule has 0 aromatic heterocycles. The van der Waals surface area contributed by atoms with Crippen molar-refractivity contribution in [2.24, 2.45) is 4.99 Å². The number of para-hydroxylation sites is 1. The van der Waals surface area contributed by atoms with Crippen LogP contribution in [0.5, 0.6) is 0 Å². The predicted octanol–water partition coefficient (Wildman–Crippen LogP) is 2.47. The molecule has 0 bridgehead atoms. The smallest absolute Gasteiger partial charge is 0.408 e. The lowest BCUT2D eigenvalue weighted by atomic mass is 10.2. The first kappa shape index (κ1) is 21.9. The third kappa shape index (κ3) is 5.43. The average molecular weight is 460 g/mol. The fraction of sp³-hybridized carbons (Fsp3) is 0.500. The van der Waals surface area contributed by atoms with Crippen LogP contribution in [0.3, 0.4) is 0 Å². The van der Waals surface area contributed by atoms with Gasteiger partial charge in [-0.15, -0.1) is 0 Å². The molecule has 1 aromatic carbocycles.